The Morgan fingerprint density at radius 3 is 2.11 bits per heavy atom. The van der Waals surface area contributed by atoms with E-state index in [1.165, 1.54) is 0 Å². The van der Waals surface area contributed by atoms with Gasteiger partial charge in [0.2, 0.25) is 0 Å². The second-order valence-corrected chi connectivity index (χ2v) is 6.30. The van der Waals surface area contributed by atoms with E-state index in [0.717, 1.165) is 19.4 Å². The van der Waals surface area contributed by atoms with Crippen molar-refractivity contribution in [3.05, 3.63) is 20.4 Å². The molecular weight excluding hydrogens is 228 g/mol. The van der Waals surface area contributed by atoms with Gasteiger partial charge in [0, 0.05) is 12.6 Å². The summed E-state index contributed by atoms with van der Waals surface area (Å²) in [7, 11) is 0. The highest BCUT2D eigenvalue weighted by Crippen LogP contribution is 2.21. The van der Waals surface area contributed by atoms with Crippen LogP contribution in [0.1, 0.15) is 47.5 Å². The van der Waals surface area contributed by atoms with Crippen molar-refractivity contribution in [2.75, 3.05) is 17.2 Å². The number of rotatable bonds is 6. The predicted molar refractivity (Wildman–Crippen MR) is 77.3 cm³/mol. The van der Waals surface area contributed by atoms with Gasteiger partial charge >= 0.3 is 0 Å². The van der Waals surface area contributed by atoms with E-state index in [-0.39, 0.29) is 6.04 Å². The number of anilines is 2. The molecule has 0 bridgehead atoms. The summed E-state index contributed by atoms with van der Waals surface area (Å²) in [6, 6.07) is 0.156. The van der Waals surface area contributed by atoms with Crippen molar-refractivity contribution in [1.29, 1.82) is 0 Å². The summed E-state index contributed by atoms with van der Waals surface area (Å²) in [5, 5.41) is 6.09. The van der Waals surface area contributed by atoms with Crippen LogP contribution in [0.3, 0.4) is 0 Å². The standard InChI is InChI=1S/C14H24N2O2/c1-9(2)16-11-10(12(17)13(11)18)15-8-6-7-14(3,4)5/h9,15-16H,6-8H2,1-5H3. The van der Waals surface area contributed by atoms with Crippen LogP contribution in [0, 0.1) is 5.41 Å². The van der Waals surface area contributed by atoms with E-state index in [0.29, 0.717) is 16.8 Å². The molecule has 18 heavy (non-hydrogen) atoms. The van der Waals surface area contributed by atoms with Gasteiger partial charge in [0.1, 0.15) is 11.4 Å². The van der Waals surface area contributed by atoms with Crippen LogP contribution in [0.15, 0.2) is 9.59 Å². The molecule has 1 rings (SSSR count). The zero-order valence-electron chi connectivity index (χ0n) is 12.0. The lowest BCUT2D eigenvalue weighted by molar-refractivity contribution is 0.370. The summed E-state index contributed by atoms with van der Waals surface area (Å²) >= 11 is 0. The fourth-order valence-electron chi connectivity index (χ4n) is 1.82. The minimum absolute atomic E-state index is 0.156. The summed E-state index contributed by atoms with van der Waals surface area (Å²) in [5.41, 5.74) is 0.415. The van der Waals surface area contributed by atoms with Crippen LogP contribution in [0.25, 0.3) is 0 Å². The molecule has 4 nitrogen and oxygen atoms in total. The molecule has 0 aromatic heterocycles. The van der Waals surface area contributed by atoms with Gasteiger partial charge in [-0.2, -0.15) is 0 Å². The average molecular weight is 252 g/mol. The monoisotopic (exact) mass is 252 g/mol. The highest BCUT2D eigenvalue weighted by atomic mass is 16.2. The van der Waals surface area contributed by atoms with Crippen LogP contribution in [-0.2, 0) is 0 Å². The first-order valence-corrected chi connectivity index (χ1v) is 6.56. The van der Waals surface area contributed by atoms with Crippen molar-refractivity contribution < 1.29 is 0 Å². The van der Waals surface area contributed by atoms with E-state index >= 15 is 0 Å². The molecule has 102 valence electrons. The Morgan fingerprint density at radius 2 is 1.61 bits per heavy atom. The Kier molecular flexibility index (Phi) is 4.54. The second-order valence-electron chi connectivity index (χ2n) is 6.30. The quantitative estimate of drug-likeness (QED) is 0.602. The summed E-state index contributed by atoms with van der Waals surface area (Å²) < 4.78 is 0. The number of hydrogen-bond acceptors (Lipinski definition) is 4. The predicted octanol–water partition coefficient (Wildman–Crippen LogP) is 2.34. The molecule has 0 atom stereocenters. The number of nitrogens with one attached hydrogen (secondary N) is 2. The Hall–Kier alpha value is -1.32. The van der Waals surface area contributed by atoms with E-state index in [1.807, 2.05) is 13.8 Å². The lowest BCUT2D eigenvalue weighted by atomic mass is 9.90. The molecule has 0 aliphatic heterocycles. The molecule has 0 spiro atoms. The maximum atomic E-state index is 11.4. The third-order valence-corrected chi connectivity index (χ3v) is 2.75. The first kappa shape index (κ1) is 14.7. The van der Waals surface area contributed by atoms with Crippen molar-refractivity contribution in [3.63, 3.8) is 0 Å². The second kappa shape index (κ2) is 5.55. The van der Waals surface area contributed by atoms with E-state index < -0.39 is 10.9 Å². The third-order valence-electron chi connectivity index (χ3n) is 2.75. The highest BCUT2D eigenvalue weighted by Gasteiger charge is 2.20. The van der Waals surface area contributed by atoms with E-state index in [4.69, 9.17) is 0 Å². The molecule has 0 heterocycles. The molecule has 1 aromatic rings. The summed E-state index contributed by atoms with van der Waals surface area (Å²) in [6.07, 6.45) is 2.08. The van der Waals surface area contributed by atoms with E-state index in [1.54, 1.807) is 0 Å². The largest absolute Gasteiger partial charge is 0.380 e. The molecule has 0 radical (unpaired) electrons. The molecule has 1 aromatic carbocycles. The first-order valence-electron chi connectivity index (χ1n) is 6.56. The normalized spacial score (nSPS) is 12.1. The summed E-state index contributed by atoms with van der Waals surface area (Å²) in [6.45, 7) is 11.2. The van der Waals surface area contributed by atoms with Crippen molar-refractivity contribution >= 4 is 11.4 Å². The van der Waals surface area contributed by atoms with Gasteiger partial charge in [-0.05, 0) is 32.1 Å². The highest BCUT2D eigenvalue weighted by molar-refractivity contribution is 5.74. The first-order chi connectivity index (χ1) is 8.22. The minimum atomic E-state index is -0.401. The Labute approximate surface area is 108 Å². The minimum Gasteiger partial charge on any atom is -0.380 e. The van der Waals surface area contributed by atoms with Gasteiger partial charge in [-0.3, -0.25) is 9.59 Å². The van der Waals surface area contributed by atoms with Crippen molar-refractivity contribution in [1.82, 2.24) is 0 Å². The van der Waals surface area contributed by atoms with Gasteiger partial charge in [0.25, 0.3) is 10.9 Å². The smallest absolute Gasteiger partial charge is 0.253 e. The molecular formula is C14H24N2O2. The average Bonchev–Trinajstić information content (AvgIpc) is 2.24. The van der Waals surface area contributed by atoms with Crippen LogP contribution in [0.4, 0.5) is 11.4 Å². The zero-order chi connectivity index (χ0) is 13.9. The molecule has 0 fully saturated rings. The Morgan fingerprint density at radius 1 is 1.06 bits per heavy atom. The fraction of sp³-hybridized carbons (Fsp3) is 0.714. The fourth-order valence-corrected chi connectivity index (χ4v) is 1.82. The Bertz CT molecular complexity index is 463. The van der Waals surface area contributed by atoms with Gasteiger partial charge < -0.3 is 10.6 Å². The summed E-state index contributed by atoms with van der Waals surface area (Å²) in [4.78, 5) is 22.8. The maximum absolute atomic E-state index is 11.4. The maximum Gasteiger partial charge on any atom is 0.253 e. The summed E-state index contributed by atoms with van der Waals surface area (Å²) in [5.74, 6) is 0. The SMILES string of the molecule is CC(C)Nc1c(NCCCC(C)(C)C)c(=O)c1=O. The topological polar surface area (TPSA) is 58.2 Å². The van der Waals surface area contributed by atoms with Crippen LogP contribution < -0.4 is 21.5 Å². The zero-order valence-corrected chi connectivity index (χ0v) is 12.0. The molecule has 4 heteroatoms. The van der Waals surface area contributed by atoms with Crippen molar-refractivity contribution in [2.45, 2.75) is 53.5 Å². The van der Waals surface area contributed by atoms with E-state index in [2.05, 4.69) is 31.4 Å². The molecule has 2 N–H and O–H groups in total. The van der Waals surface area contributed by atoms with Crippen LogP contribution >= 0.6 is 0 Å². The molecule has 0 aliphatic rings. The lowest BCUT2D eigenvalue weighted by Gasteiger charge is -2.19. The molecule has 0 saturated carbocycles. The Balaban J connectivity index is 2.51. The number of hydrogen-bond donors (Lipinski definition) is 2. The van der Waals surface area contributed by atoms with Crippen molar-refractivity contribution in [3.8, 4) is 0 Å². The van der Waals surface area contributed by atoms with Crippen LogP contribution in [0.2, 0.25) is 0 Å². The lowest BCUT2D eigenvalue weighted by Crippen LogP contribution is -2.38. The van der Waals surface area contributed by atoms with E-state index in [9.17, 15) is 9.59 Å². The molecule has 0 amide bonds. The van der Waals surface area contributed by atoms with Gasteiger partial charge in [0.15, 0.2) is 0 Å². The third kappa shape index (κ3) is 3.86. The molecule has 0 aliphatic carbocycles. The van der Waals surface area contributed by atoms with Gasteiger partial charge in [-0.1, -0.05) is 20.8 Å². The molecule has 0 saturated heterocycles. The molecule has 0 unspecified atom stereocenters. The van der Waals surface area contributed by atoms with Gasteiger partial charge in [-0.25, -0.2) is 0 Å². The van der Waals surface area contributed by atoms with Crippen LogP contribution in [0.5, 0.6) is 0 Å². The van der Waals surface area contributed by atoms with Gasteiger partial charge in [-0.15, -0.1) is 0 Å². The van der Waals surface area contributed by atoms with Gasteiger partial charge in [0.05, 0.1) is 0 Å². The van der Waals surface area contributed by atoms with Crippen molar-refractivity contribution in [2.24, 2.45) is 5.41 Å². The van der Waals surface area contributed by atoms with Crippen LogP contribution in [-0.4, -0.2) is 12.6 Å².